The van der Waals surface area contributed by atoms with Crippen LogP contribution in [0.2, 0.25) is 0 Å². The van der Waals surface area contributed by atoms with Crippen LogP contribution in [-0.4, -0.2) is 36.0 Å². The van der Waals surface area contributed by atoms with E-state index >= 15 is 0 Å². The fourth-order valence-electron chi connectivity index (χ4n) is 2.93. The van der Waals surface area contributed by atoms with Gasteiger partial charge in [0.25, 0.3) is 0 Å². The number of carboxylic acids is 1. The van der Waals surface area contributed by atoms with Crippen LogP contribution in [0.1, 0.15) is 38.5 Å². The molecule has 1 saturated heterocycles. The molecule has 1 aromatic rings. The van der Waals surface area contributed by atoms with Crippen LogP contribution in [0.15, 0.2) is 18.2 Å². The van der Waals surface area contributed by atoms with Crippen LogP contribution in [0.25, 0.3) is 0 Å². The quantitative estimate of drug-likeness (QED) is 0.656. The summed E-state index contributed by atoms with van der Waals surface area (Å²) in [5, 5.41) is 11.3. The number of hydrogen-bond acceptors (Lipinski definition) is 3. The Morgan fingerprint density at radius 2 is 1.92 bits per heavy atom. The Hall–Kier alpha value is -2.51. The van der Waals surface area contributed by atoms with Crippen molar-refractivity contribution in [3.63, 3.8) is 0 Å². The zero-order chi connectivity index (χ0) is 19.1. The Bertz CT molecular complexity index is 681. The van der Waals surface area contributed by atoms with Crippen molar-refractivity contribution in [1.82, 2.24) is 5.32 Å². The molecular formula is C18H22F2N2O4. The molecule has 6 nitrogen and oxygen atoms in total. The molecule has 0 aliphatic carbocycles. The molecule has 0 bridgehead atoms. The fourth-order valence-corrected chi connectivity index (χ4v) is 2.93. The van der Waals surface area contributed by atoms with E-state index in [1.165, 1.54) is 11.0 Å². The molecule has 0 radical (unpaired) electrons. The molecule has 2 amide bonds. The molecular weight excluding hydrogens is 346 g/mol. The lowest BCUT2D eigenvalue weighted by atomic mass is 10.1. The highest BCUT2D eigenvalue weighted by atomic mass is 19.1. The monoisotopic (exact) mass is 368 g/mol. The van der Waals surface area contributed by atoms with Crippen molar-refractivity contribution in [2.45, 2.75) is 38.5 Å². The minimum Gasteiger partial charge on any atom is -0.481 e. The molecule has 2 rings (SSSR count). The van der Waals surface area contributed by atoms with Crippen molar-refractivity contribution in [3.8, 4) is 0 Å². The van der Waals surface area contributed by atoms with Crippen LogP contribution in [0, 0.1) is 17.6 Å². The fraction of sp³-hybridized carbons (Fsp3) is 0.500. The maximum atomic E-state index is 13.8. The van der Waals surface area contributed by atoms with Crippen LogP contribution in [0.5, 0.6) is 0 Å². The van der Waals surface area contributed by atoms with Crippen LogP contribution < -0.4 is 10.2 Å². The number of carbonyl (C=O) groups excluding carboxylic acids is 2. The molecule has 1 fully saturated rings. The summed E-state index contributed by atoms with van der Waals surface area (Å²) in [6, 6.07) is 2.98. The first kappa shape index (κ1) is 19.8. The maximum absolute atomic E-state index is 13.8. The number of unbranched alkanes of at least 4 members (excludes halogenated alkanes) is 3. The van der Waals surface area contributed by atoms with Crippen molar-refractivity contribution in [1.29, 1.82) is 0 Å². The van der Waals surface area contributed by atoms with Gasteiger partial charge in [-0.05, 0) is 25.0 Å². The van der Waals surface area contributed by atoms with Crippen LogP contribution in [0.3, 0.4) is 0 Å². The highest BCUT2D eigenvalue weighted by molar-refractivity contribution is 6.00. The summed E-state index contributed by atoms with van der Waals surface area (Å²) in [7, 11) is 0. The zero-order valence-corrected chi connectivity index (χ0v) is 14.3. The second-order valence-corrected chi connectivity index (χ2v) is 6.35. The number of halogens is 2. The molecule has 2 N–H and O–H groups in total. The van der Waals surface area contributed by atoms with Crippen LogP contribution >= 0.6 is 0 Å². The number of nitrogens with one attached hydrogen (secondary N) is 1. The van der Waals surface area contributed by atoms with Gasteiger partial charge in [0.05, 0.1) is 11.6 Å². The Morgan fingerprint density at radius 3 is 2.62 bits per heavy atom. The van der Waals surface area contributed by atoms with Gasteiger partial charge in [-0.15, -0.1) is 0 Å². The first-order valence-electron chi connectivity index (χ1n) is 8.63. The number of nitrogens with zero attached hydrogens (tertiary/aromatic N) is 1. The van der Waals surface area contributed by atoms with E-state index in [1.54, 1.807) is 0 Å². The highest BCUT2D eigenvalue weighted by Crippen LogP contribution is 2.28. The summed E-state index contributed by atoms with van der Waals surface area (Å²) in [6.45, 7) is 0.507. The van der Waals surface area contributed by atoms with Crippen molar-refractivity contribution in [2.75, 3.05) is 18.0 Å². The third-order valence-corrected chi connectivity index (χ3v) is 4.31. The lowest BCUT2D eigenvalue weighted by Gasteiger charge is -2.17. The second-order valence-electron chi connectivity index (χ2n) is 6.35. The molecule has 1 unspecified atom stereocenters. The summed E-state index contributed by atoms with van der Waals surface area (Å²) in [6.07, 6.45) is 3.06. The van der Waals surface area contributed by atoms with Gasteiger partial charge in [-0.3, -0.25) is 14.4 Å². The number of rotatable bonds is 9. The molecule has 0 spiro atoms. The molecule has 8 heteroatoms. The standard InChI is InChI=1S/C18H22F2N2O4/c19-13-6-7-15(14(20)10-13)22-11-12(9-16(22)23)18(26)21-8-4-2-1-3-5-17(24)25/h6-7,10,12H,1-5,8-9,11H2,(H,21,26)(H,24,25). The van der Waals surface area contributed by atoms with E-state index in [0.717, 1.165) is 25.3 Å². The van der Waals surface area contributed by atoms with E-state index in [0.29, 0.717) is 19.0 Å². The van der Waals surface area contributed by atoms with E-state index in [1.807, 2.05) is 0 Å². The highest BCUT2D eigenvalue weighted by Gasteiger charge is 2.36. The Balaban J connectivity index is 1.75. The van der Waals surface area contributed by atoms with Crippen LogP contribution in [-0.2, 0) is 14.4 Å². The second kappa shape index (κ2) is 9.26. The number of amides is 2. The van der Waals surface area contributed by atoms with Gasteiger partial charge in [0, 0.05) is 32.0 Å². The molecule has 0 saturated carbocycles. The van der Waals surface area contributed by atoms with Crippen molar-refractivity contribution in [2.24, 2.45) is 5.92 Å². The number of anilines is 1. The van der Waals surface area contributed by atoms with Crippen molar-refractivity contribution < 1.29 is 28.3 Å². The van der Waals surface area contributed by atoms with Gasteiger partial charge in [0.2, 0.25) is 11.8 Å². The number of carboxylic acid groups (broad SMARTS) is 1. The molecule has 1 heterocycles. The van der Waals surface area contributed by atoms with Crippen LogP contribution in [0.4, 0.5) is 14.5 Å². The molecule has 142 valence electrons. The molecule has 26 heavy (non-hydrogen) atoms. The van der Waals surface area contributed by atoms with Crippen molar-refractivity contribution in [3.05, 3.63) is 29.8 Å². The molecule has 1 aromatic carbocycles. The van der Waals surface area contributed by atoms with Gasteiger partial charge in [-0.1, -0.05) is 12.8 Å². The summed E-state index contributed by atoms with van der Waals surface area (Å²) in [5.74, 6) is -3.58. The molecule has 1 aliphatic heterocycles. The zero-order valence-electron chi connectivity index (χ0n) is 14.3. The third kappa shape index (κ3) is 5.50. The van der Waals surface area contributed by atoms with Gasteiger partial charge < -0.3 is 15.3 Å². The summed E-state index contributed by atoms with van der Waals surface area (Å²) < 4.78 is 26.8. The minimum atomic E-state index is -0.833. The Labute approximate surface area is 150 Å². The largest absolute Gasteiger partial charge is 0.481 e. The van der Waals surface area contributed by atoms with E-state index in [4.69, 9.17) is 5.11 Å². The van der Waals surface area contributed by atoms with E-state index in [2.05, 4.69) is 5.32 Å². The first-order valence-corrected chi connectivity index (χ1v) is 8.63. The summed E-state index contributed by atoms with van der Waals surface area (Å²) in [4.78, 5) is 35.8. The van der Waals surface area contributed by atoms with Gasteiger partial charge in [0.1, 0.15) is 11.6 Å². The SMILES string of the molecule is O=C(O)CCCCCCNC(=O)C1CC(=O)N(c2ccc(F)cc2F)C1. The molecule has 1 atom stereocenters. The summed E-state index contributed by atoms with van der Waals surface area (Å²) in [5.41, 5.74) is -0.0230. The predicted molar refractivity (Wildman–Crippen MR) is 90.5 cm³/mol. The third-order valence-electron chi connectivity index (χ3n) is 4.31. The van der Waals surface area contributed by atoms with Gasteiger partial charge in [0.15, 0.2) is 0 Å². The van der Waals surface area contributed by atoms with Crippen molar-refractivity contribution >= 4 is 23.5 Å². The van der Waals surface area contributed by atoms with Gasteiger partial charge in [-0.25, -0.2) is 8.78 Å². The van der Waals surface area contributed by atoms with Gasteiger partial charge >= 0.3 is 5.97 Å². The molecule has 0 aromatic heterocycles. The number of aliphatic carboxylic acids is 1. The normalized spacial score (nSPS) is 16.8. The number of hydrogen-bond donors (Lipinski definition) is 2. The number of benzene rings is 1. The topological polar surface area (TPSA) is 86.7 Å². The number of carbonyl (C=O) groups is 3. The molecule has 1 aliphatic rings. The minimum absolute atomic E-state index is 0.0126. The average molecular weight is 368 g/mol. The Morgan fingerprint density at radius 1 is 1.19 bits per heavy atom. The van der Waals surface area contributed by atoms with E-state index in [-0.39, 0.29) is 36.9 Å². The predicted octanol–water partition coefficient (Wildman–Crippen LogP) is 2.47. The smallest absolute Gasteiger partial charge is 0.303 e. The maximum Gasteiger partial charge on any atom is 0.303 e. The van der Waals surface area contributed by atoms with E-state index in [9.17, 15) is 23.2 Å². The summed E-state index contributed by atoms with van der Waals surface area (Å²) >= 11 is 0. The Kier molecular flexibility index (Phi) is 7.06. The van der Waals surface area contributed by atoms with E-state index < -0.39 is 23.5 Å². The average Bonchev–Trinajstić information content (AvgIpc) is 2.95. The van der Waals surface area contributed by atoms with Gasteiger partial charge in [-0.2, -0.15) is 0 Å². The lowest BCUT2D eigenvalue weighted by molar-refractivity contribution is -0.137. The lowest BCUT2D eigenvalue weighted by Crippen LogP contribution is -2.33. The first-order chi connectivity index (χ1) is 12.4.